The van der Waals surface area contributed by atoms with Gasteiger partial charge in [0.15, 0.2) is 0 Å². The van der Waals surface area contributed by atoms with Crippen molar-refractivity contribution in [1.82, 2.24) is 10.2 Å². The van der Waals surface area contributed by atoms with Crippen molar-refractivity contribution in [2.24, 2.45) is 0 Å². The highest BCUT2D eigenvalue weighted by molar-refractivity contribution is 7.92. The average molecular weight is 512 g/mol. The molecular formula is C24H31ClFN3O4S. The summed E-state index contributed by atoms with van der Waals surface area (Å²) in [6.45, 7) is 5.09. The van der Waals surface area contributed by atoms with E-state index in [0.29, 0.717) is 23.4 Å². The van der Waals surface area contributed by atoms with Gasteiger partial charge in [0.1, 0.15) is 18.4 Å². The van der Waals surface area contributed by atoms with Crippen molar-refractivity contribution in [3.63, 3.8) is 0 Å². The highest BCUT2D eigenvalue weighted by Gasteiger charge is 2.32. The van der Waals surface area contributed by atoms with Gasteiger partial charge in [-0.25, -0.2) is 12.8 Å². The van der Waals surface area contributed by atoms with Gasteiger partial charge in [0, 0.05) is 17.6 Å². The highest BCUT2D eigenvalue weighted by atomic mass is 35.5. The number of sulfonamides is 1. The van der Waals surface area contributed by atoms with Crippen LogP contribution < -0.4 is 9.62 Å². The zero-order valence-corrected chi connectivity index (χ0v) is 21.4. The fourth-order valence-electron chi connectivity index (χ4n) is 3.37. The topological polar surface area (TPSA) is 86.8 Å². The van der Waals surface area contributed by atoms with E-state index >= 15 is 0 Å². The van der Waals surface area contributed by atoms with Crippen LogP contribution in [0.4, 0.5) is 10.1 Å². The number of hydrogen-bond acceptors (Lipinski definition) is 4. The summed E-state index contributed by atoms with van der Waals surface area (Å²) in [5.41, 5.74) is 0.890. The summed E-state index contributed by atoms with van der Waals surface area (Å²) in [6.07, 6.45) is 2.04. The number of amides is 2. The standard InChI is InChI=1S/C24H31ClFN3O4S/c1-5-17(3)27-24(31)22(6-2)28(15-18-7-11-20(26)12-8-18)23(30)16-29(34(4,32)33)21-13-9-19(25)10-14-21/h7-14,17,22H,5-6,15-16H2,1-4H3,(H,27,31)/t17-,22+/m0/s1. The molecule has 0 aliphatic heterocycles. The Kier molecular flexibility index (Phi) is 9.88. The van der Waals surface area contributed by atoms with E-state index in [1.54, 1.807) is 6.92 Å². The molecule has 2 atom stereocenters. The number of hydrogen-bond donors (Lipinski definition) is 1. The molecule has 34 heavy (non-hydrogen) atoms. The fraction of sp³-hybridized carbons (Fsp3) is 0.417. The van der Waals surface area contributed by atoms with Crippen molar-refractivity contribution in [3.05, 3.63) is 64.9 Å². The van der Waals surface area contributed by atoms with E-state index in [0.717, 1.165) is 10.6 Å². The number of rotatable bonds is 11. The molecule has 2 aromatic carbocycles. The van der Waals surface area contributed by atoms with Crippen molar-refractivity contribution in [2.75, 3.05) is 17.1 Å². The molecule has 186 valence electrons. The van der Waals surface area contributed by atoms with Crippen LogP contribution in [0, 0.1) is 5.82 Å². The van der Waals surface area contributed by atoms with Gasteiger partial charge in [-0.1, -0.05) is 37.6 Å². The zero-order chi connectivity index (χ0) is 25.5. The number of halogens is 2. The maximum Gasteiger partial charge on any atom is 0.244 e. The smallest absolute Gasteiger partial charge is 0.244 e. The molecule has 2 rings (SSSR count). The molecule has 0 aromatic heterocycles. The lowest BCUT2D eigenvalue weighted by atomic mass is 10.1. The van der Waals surface area contributed by atoms with E-state index in [2.05, 4.69) is 5.32 Å². The van der Waals surface area contributed by atoms with Crippen LogP contribution in [0.25, 0.3) is 0 Å². The third kappa shape index (κ3) is 7.70. The van der Waals surface area contributed by atoms with Gasteiger partial charge < -0.3 is 10.2 Å². The van der Waals surface area contributed by atoms with E-state index in [4.69, 9.17) is 11.6 Å². The molecule has 0 bridgehead atoms. The van der Waals surface area contributed by atoms with Crippen LogP contribution in [0.15, 0.2) is 48.5 Å². The first-order chi connectivity index (χ1) is 16.0. The first-order valence-corrected chi connectivity index (χ1v) is 13.3. The number of anilines is 1. The molecule has 0 aliphatic rings. The van der Waals surface area contributed by atoms with Crippen molar-refractivity contribution in [1.29, 1.82) is 0 Å². The van der Waals surface area contributed by atoms with E-state index in [1.807, 2.05) is 13.8 Å². The number of nitrogens with one attached hydrogen (secondary N) is 1. The summed E-state index contributed by atoms with van der Waals surface area (Å²) in [5, 5.41) is 3.32. The van der Waals surface area contributed by atoms with Crippen LogP contribution in [0.2, 0.25) is 5.02 Å². The van der Waals surface area contributed by atoms with Gasteiger partial charge in [-0.05, 0) is 61.7 Å². The Morgan fingerprint density at radius 1 is 1.03 bits per heavy atom. The summed E-state index contributed by atoms with van der Waals surface area (Å²) in [4.78, 5) is 27.9. The summed E-state index contributed by atoms with van der Waals surface area (Å²) in [6, 6.07) is 10.8. The van der Waals surface area contributed by atoms with Gasteiger partial charge in [-0.15, -0.1) is 0 Å². The molecule has 2 amide bonds. The Morgan fingerprint density at radius 2 is 1.62 bits per heavy atom. The maximum atomic E-state index is 13.5. The summed E-state index contributed by atoms with van der Waals surface area (Å²) in [7, 11) is -3.82. The third-order valence-corrected chi connectivity index (χ3v) is 6.84. The van der Waals surface area contributed by atoms with E-state index in [9.17, 15) is 22.4 Å². The van der Waals surface area contributed by atoms with Gasteiger partial charge in [-0.2, -0.15) is 0 Å². The predicted octanol–water partition coefficient (Wildman–Crippen LogP) is 3.97. The van der Waals surface area contributed by atoms with Crippen LogP contribution in [-0.4, -0.2) is 50.0 Å². The van der Waals surface area contributed by atoms with Gasteiger partial charge in [0.2, 0.25) is 21.8 Å². The second-order valence-corrected chi connectivity index (χ2v) is 10.5. The third-order valence-electron chi connectivity index (χ3n) is 5.45. The Balaban J connectivity index is 2.41. The molecule has 10 heteroatoms. The molecule has 0 fully saturated rings. The Morgan fingerprint density at radius 3 is 2.12 bits per heavy atom. The lowest BCUT2D eigenvalue weighted by Gasteiger charge is -2.33. The van der Waals surface area contributed by atoms with E-state index in [1.165, 1.54) is 53.4 Å². The average Bonchev–Trinajstić information content (AvgIpc) is 2.78. The van der Waals surface area contributed by atoms with Gasteiger partial charge in [0.25, 0.3) is 0 Å². The van der Waals surface area contributed by atoms with Crippen molar-refractivity contribution < 1.29 is 22.4 Å². The molecule has 0 spiro atoms. The molecule has 0 aliphatic carbocycles. The van der Waals surface area contributed by atoms with Crippen molar-refractivity contribution in [2.45, 2.75) is 52.2 Å². The van der Waals surface area contributed by atoms with Gasteiger partial charge >= 0.3 is 0 Å². The van der Waals surface area contributed by atoms with Crippen LogP contribution in [0.5, 0.6) is 0 Å². The molecule has 0 unspecified atom stereocenters. The molecule has 2 aromatic rings. The number of carbonyl (C=O) groups excluding carboxylic acids is 2. The summed E-state index contributed by atoms with van der Waals surface area (Å²) in [5.74, 6) is -1.31. The monoisotopic (exact) mass is 511 g/mol. The fourth-order valence-corrected chi connectivity index (χ4v) is 4.34. The minimum absolute atomic E-state index is 0.0176. The van der Waals surface area contributed by atoms with Crippen LogP contribution in [0.1, 0.15) is 39.2 Å². The number of nitrogens with zero attached hydrogens (tertiary/aromatic N) is 2. The lowest BCUT2D eigenvalue weighted by Crippen LogP contribution is -2.53. The minimum atomic E-state index is -3.82. The normalized spacial score (nSPS) is 13.1. The molecule has 0 saturated carbocycles. The predicted molar refractivity (Wildman–Crippen MR) is 133 cm³/mol. The summed E-state index contributed by atoms with van der Waals surface area (Å²) >= 11 is 5.92. The molecule has 0 radical (unpaired) electrons. The van der Waals surface area contributed by atoms with Crippen molar-refractivity contribution >= 4 is 39.1 Å². The second kappa shape index (κ2) is 12.2. The summed E-state index contributed by atoms with van der Waals surface area (Å²) < 4.78 is 39.4. The molecule has 0 heterocycles. The quantitative estimate of drug-likeness (QED) is 0.494. The van der Waals surface area contributed by atoms with Gasteiger partial charge in [0.05, 0.1) is 11.9 Å². The largest absolute Gasteiger partial charge is 0.352 e. The van der Waals surface area contributed by atoms with E-state index in [-0.39, 0.29) is 24.2 Å². The Labute approximate surface area is 205 Å². The maximum absolute atomic E-state index is 13.5. The lowest BCUT2D eigenvalue weighted by molar-refractivity contribution is -0.140. The van der Waals surface area contributed by atoms with E-state index < -0.39 is 34.3 Å². The van der Waals surface area contributed by atoms with Crippen LogP contribution >= 0.6 is 11.6 Å². The first kappa shape index (κ1) is 27.6. The second-order valence-electron chi connectivity index (χ2n) is 8.14. The molecule has 0 saturated heterocycles. The number of carbonyl (C=O) groups is 2. The molecular weight excluding hydrogens is 481 g/mol. The minimum Gasteiger partial charge on any atom is -0.352 e. The van der Waals surface area contributed by atoms with Crippen molar-refractivity contribution in [3.8, 4) is 0 Å². The zero-order valence-electron chi connectivity index (χ0n) is 19.8. The Bertz CT molecular complexity index is 1080. The molecule has 7 nitrogen and oxygen atoms in total. The SMILES string of the molecule is CC[C@H](C(=O)N[C@@H](C)CC)N(Cc1ccc(F)cc1)C(=O)CN(c1ccc(Cl)cc1)S(C)(=O)=O. The Hall–Kier alpha value is -2.65. The van der Waals surface area contributed by atoms with Crippen LogP contribution in [0.3, 0.4) is 0 Å². The molecule has 1 N–H and O–H groups in total. The highest BCUT2D eigenvalue weighted by Crippen LogP contribution is 2.22. The number of benzene rings is 2. The van der Waals surface area contributed by atoms with Crippen LogP contribution in [-0.2, 0) is 26.2 Å². The van der Waals surface area contributed by atoms with Gasteiger partial charge in [-0.3, -0.25) is 13.9 Å². The first-order valence-electron chi connectivity index (χ1n) is 11.0.